The van der Waals surface area contributed by atoms with Crippen LogP contribution in [0, 0.1) is 6.92 Å². The van der Waals surface area contributed by atoms with Gasteiger partial charge < -0.3 is 10.1 Å². The van der Waals surface area contributed by atoms with Crippen LogP contribution in [0.25, 0.3) is 5.69 Å². The van der Waals surface area contributed by atoms with E-state index in [0.29, 0.717) is 16.4 Å². The molecular weight excluding hydrogens is 358 g/mol. The normalized spacial score (nSPS) is 10.4. The summed E-state index contributed by atoms with van der Waals surface area (Å²) in [6, 6.07) is 11.7. The van der Waals surface area contributed by atoms with Crippen LogP contribution in [0.3, 0.4) is 0 Å². The van der Waals surface area contributed by atoms with Crippen LogP contribution in [0.4, 0.5) is 5.69 Å². The van der Waals surface area contributed by atoms with Crippen LogP contribution >= 0.6 is 11.6 Å². The molecule has 0 atom stereocenters. The van der Waals surface area contributed by atoms with E-state index in [4.69, 9.17) is 16.3 Å². The summed E-state index contributed by atoms with van der Waals surface area (Å²) in [6.07, 6.45) is 1.36. The standard InChI is InChI=1S/C17H14ClN5O3/c1-11-8-12(18)6-7-14(11)20-16(24)9-26-17(25)13-4-2-3-5-15(13)23-10-19-21-22-23/h2-8,10H,9H2,1H3,(H,20,24). The molecule has 3 aromatic rings. The van der Waals surface area contributed by atoms with E-state index in [9.17, 15) is 9.59 Å². The Balaban J connectivity index is 1.65. The third kappa shape index (κ3) is 4.04. The molecule has 9 heteroatoms. The maximum Gasteiger partial charge on any atom is 0.340 e. The lowest BCUT2D eigenvalue weighted by atomic mass is 10.2. The van der Waals surface area contributed by atoms with E-state index in [1.165, 1.54) is 11.0 Å². The molecule has 26 heavy (non-hydrogen) atoms. The SMILES string of the molecule is Cc1cc(Cl)ccc1NC(=O)COC(=O)c1ccccc1-n1cnnn1. The molecule has 0 aliphatic heterocycles. The molecule has 0 aliphatic carbocycles. The van der Waals surface area contributed by atoms with Gasteiger partial charge in [-0.05, 0) is 53.2 Å². The molecule has 8 nitrogen and oxygen atoms in total. The minimum atomic E-state index is -0.654. The Morgan fingerprint density at radius 3 is 2.77 bits per heavy atom. The average molecular weight is 372 g/mol. The number of rotatable bonds is 5. The van der Waals surface area contributed by atoms with Gasteiger partial charge >= 0.3 is 5.97 Å². The van der Waals surface area contributed by atoms with Gasteiger partial charge in [-0.3, -0.25) is 4.79 Å². The molecule has 0 radical (unpaired) electrons. The number of aryl methyl sites for hydroxylation is 1. The lowest BCUT2D eigenvalue weighted by Gasteiger charge is -2.10. The fourth-order valence-corrected chi connectivity index (χ4v) is 2.51. The zero-order valence-corrected chi connectivity index (χ0v) is 14.5. The molecule has 0 unspecified atom stereocenters. The second-order valence-electron chi connectivity index (χ2n) is 5.36. The number of ether oxygens (including phenoxy) is 1. The van der Waals surface area contributed by atoms with Crippen molar-refractivity contribution in [3.8, 4) is 5.69 Å². The van der Waals surface area contributed by atoms with Crippen molar-refractivity contribution in [3.05, 3.63) is 64.9 Å². The number of esters is 1. The monoisotopic (exact) mass is 371 g/mol. The van der Waals surface area contributed by atoms with Gasteiger partial charge in [0, 0.05) is 10.7 Å². The second-order valence-corrected chi connectivity index (χ2v) is 5.79. The topological polar surface area (TPSA) is 99.0 Å². The lowest BCUT2D eigenvalue weighted by Crippen LogP contribution is -2.22. The number of hydrogen-bond donors (Lipinski definition) is 1. The number of anilines is 1. The molecule has 3 rings (SSSR count). The van der Waals surface area contributed by atoms with Gasteiger partial charge in [0.1, 0.15) is 6.33 Å². The number of hydrogen-bond acceptors (Lipinski definition) is 6. The first kappa shape index (κ1) is 17.6. The van der Waals surface area contributed by atoms with Crippen molar-refractivity contribution in [2.75, 3.05) is 11.9 Å². The molecule has 1 aromatic heterocycles. The molecule has 1 heterocycles. The highest BCUT2D eigenvalue weighted by molar-refractivity contribution is 6.30. The molecule has 1 N–H and O–H groups in total. The summed E-state index contributed by atoms with van der Waals surface area (Å²) in [6.45, 7) is 1.39. The van der Waals surface area contributed by atoms with Crippen LogP contribution in [0.1, 0.15) is 15.9 Å². The molecule has 0 spiro atoms. The van der Waals surface area contributed by atoms with E-state index in [-0.39, 0.29) is 5.56 Å². The lowest BCUT2D eigenvalue weighted by molar-refractivity contribution is -0.119. The predicted molar refractivity (Wildman–Crippen MR) is 94.3 cm³/mol. The zero-order valence-electron chi connectivity index (χ0n) is 13.7. The highest BCUT2D eigenvalue weighted by Crippen LogP contribution is 2.19. The van der Waals surface area contributed by atoms with Gasteiger partial charge in [-0.1, -0.05) is 23.7 Å². The molecule has 132 valence electrons. The van der Waals surface area contributed by atoms with Crippen molar-refractivity contribution in [2.45, 2.75) is 6.92 Å². The summed E-state index contributed by atoms with van der Waals surface area (Å²) in [7, 11) is 0. The molecule has 0 aliphatic rings. The first-order chi connectivity index (χ1) is 12.5. The van der Waals surface area contributed by atoms with Crippen molar-refractivity contribution in [1.82, 2.24) is 20.2 Å². The van der Waals surface area contributed by atoms with Crippen LogP contribution < -0.4 is 5.32 Å². The molecule has 0 saturated heterocycles. The van der Waals surface area contributed by atoms with Crippen LogP contribution in [-0.4, -0.2) is 38.7 Å². The third-order valence-electron chi connectivity index (χ3n) is 3.52. The number of carbonyl (C=O) groups excluding carboxylic acids is 2. The van der Waals surface area contributed by atoms with Gasteiger partial charge in [0.2, 0.25) is 0 Å². The number of halogens is 1. The summed E-state index contributed by atoms with van der Waals surface area (Å²) in [4.78, 5) is 24.4. The number of tetrazole rings is 1. The zero-order chi connectivity index (χ0) is 18.5. The molecular formula is C17H14ClN5O3. The summed E-state index contributed by atoms with van der Waals surface area (Å²) >= 11 is 5.88. The number of carbonyl (C=O) groups is 2. The van der Waals surface area contributed by atoms with Crippen molar-refractivity contribution in [1.29, 1.82) is 0 Å². The van der Waals surface area contributed by atoms with E-state index >= 15 is 0 Å². The Labute approximate surface area is 153 Å². The highest BCUT2D eigenvalue weighted by atomic mass is 35.5. The summed E-state index contributed by atoms with van der Waals surface area (Å²) < 4.78 is 6.45. The van der Waals surface area contributed by atoms with Crippen molar-refractivity contribution in [3.63, 3.8) is 0 Å². The summed E-state index contributed by atoms with van der Waals surface area (Å²) in [5.41, 5.74) is 2.11. The smallest absolute Gasteiger partial charge is 0.340 e. The first-order valence-electron chi connectivity index (χ1n) is 7.60. The molecule has 1 amide bonds. The number of nitrogens with one attached hydrogen (secondary N) is 1. The van der Waals surface area contributed by atoms with Crippen molar-refractivity contribution < 1.29 is 14.3 Å². The van der Waals surface area contributed by atoms with Crippen molar-refractivity contribution in [2.24, 2.45) is 0 Å². The molecule has 0 bridgehead atoms. The van der Waals surface area contributed by atoms with Crippen LogP contribution in [0.15, 0.2) is 48.8 Å². The van der Waals surface area contributed by atoms with E-state index in [2.05, 4.69) is 20.8 Å². The maximum absolute atomic E-state index is 12.3. The third-order valence-corrected chi connectivity index (χ3v) is 3.75. The van der Waals surface area contributed by atoms with E-state index in [1.807, 2.05) is 6.92 Å². The second kappa shape index (κ2) is 7.75. The number of amides is 1. The van der Waals surface area contributed by atoms with Gasteiger partial charge in [0.15, 0.2) is 6.61 Å². The quantitative estimate of drug-likeness (QED) is 0.691. The van der Waals surface area contributed by atoms with Crippen LogP contribution in [0.5, 0.6) is 0 Å². The molecule has 0 saturated carbocycles. The van der Waals surface area contributed by atoms with Gasteiger partial charge in [-0.2, -0.15) is 4.68 Å². The fourth-order valence-electron chi connectivity index (χ4n) is 2.28. The van der Waals surface area contributed by atoms with Gasteiger partial charge in [0.05, 0.1) is 11.3 Å². The van der Waals surface area contributed by atoms with Gasteiger partial charge in [-0.25, -0.2) is 4.79 Å². The molecule has 0 fully saturated rings. The number of aromatic nitrogens is 4. The number of benzene rings is 2. The summed E-state index contributed by atoms with van der Waals surface area (Å²) in [5.74, 6) is -1.11. The largest absolute Gasteiger partial charge is 0.452 e. The Kier molecular flexibility index (Phi) is 5.23. The van der Waals surface area contributed by atoms with Gasteiger partial charge in [-0.15, -0.1) is 5.10 Å². The van der Waals surface area contributed by atoms with Crippen molar-refractivity contribution >= 4 is 29.2 Å². The molecule has 2 aromatic carbocycles. The first-order valence-corrected chi connectivity index (χ1v) is 7.98. The Bertz CT molecular complexity index is 943. The maximum atomic E-state index is 12.3. The average Bonchev–Trinajstić information content (AvgIpc) is 3.16. The number of para-hydroxylation sites is 1. The predicted octanol–water partition coefficient (Wildman–Crippen LogP) is 2.42. The van der Waals surface area contributed by atoms with Crippen LogP contribution in [-0.2, 0) is 9.53 Å². The Morgan fingerprint density at radius 1 is 1.23 bits per heavy atom. The Hall–Kier alpha value is -3.26. The van der Waals surface area contributed by atoms with Gasteiger partial charge in [0.25, 0.3) is 5.91 Å². The minimum Gasteiger partial charge on any atom is -0.452 e. The van der Waals surface area contributed by atoms with Crippen LogP contribution in [0.2, 0.25) is 5.02 Å². The fraction of sp³-hybridized carbons (Fsp3) is 0.118. The van der Waals surface area contributed by atoms with E-state index in [0.717, 1.165) is 5.56 Å². The highest BCUT2D eigenvalue weighted by Gasteiger charge is 2.16. The van der Waals surface area contributed by atoms with E-state index in [1.54, 1.807) is 42.5 Å². The Morgan fingerprint density at radius 2 is 2.04 bits per heavy atom. The number of nitrogens with zero attached hydrogens (tertiary/aromatic N) is 4. The minimum absolute atomic E-state index is 0.246. The van der Waals surface area contributed by atoms with E-state index < -0.39 is 18.5 Å². The summed E-state index contributed by atoms with van der Waals surface area (Å²) in [5, 5.41) is 14.1.